The van der Waals surface area contributed by atoms with Crippen molar-refractivity contribution in [1.82, 2.24) is 4.90 Å². The molecule has 0 unspecified atom stereocenters. The van der Waals surface area contributed by atoms with E-state index in [-0.39, 0.29) is 17.2 Å². The molecule has 34 heavy (non-hydrogen) atoms. The first-order chi connectivity index (χ1) is 16.5. The molecular formula is C26H25ClFNO5. The van der Waals surface area contributed by atoms with E-state index in [0.29, 0.717) is 36.0 Å². The van der Waals surface area contributed by atoms with Gasteiger partial charge >= 0.3 is 0 Å². The van der Waals surface area contributed by atoms with Gasteiger partial charge < -0.3 is 23.8 Å². The molecule has 4 rings (SSSR count). The maximum absolute atomic E-state index is 14.6. The summed E-state index contributed by atoms with van der Waals surface area (Å²) in [6.45, 7) is 0.509. The number of ether oxygens (including phenoxy) is 4. The fraction of sp³-hybridized carbons (Fsp3) is 0.269. The van der Waals surface area contributed by atoms with E-state index in [9.17, 15) is 9.18 Å². The minimum atomic E-state index is -0.662. The summed E-state index contributed by atoms with van der Waals surface area (Å²) in [7, 11) is 4.72. The highest BCUT2D eigenvalue weighted by Gasteiger charge is 2.35. The predicted molar refractivity (Wildman–Crippen MR) is 127 cm³/mol. The molecule has 6 nitrogen and oxygen atoms in total. The lowest BCUT2D eigenvalue weighted by Crippen LogP contribution is -2.43. The van der Waals surface area contributed by atoms with Gasteiger partial charge in [0.15, 0.2) is 11.5 Å². The molecule has 0 saturated heterocycles. The van der Waals surface area contributed by atoms with Crippen molar-refractivity contribution < 1.29 is 28.1 Å². The number of carbonyl (C=O) groups excluding carboxylic acids is 1. The van der Waals surface area contributed by atoms with Crippen LogP contribution in [0, 0.1) is 5.82 Å². The van der Waals surface area contributed by atoms with Gasteiger partial charge in [-0.2, -0.15) is 0 Å². The first-order valence-electron chi connectivity index (χ1n) is 10.7. The minimum absolute atomic E-state index is 0.0675. The quantitative estimate of drug-likeness (QED) is 0.453. The second-order valence-electron chi connectivity index (χ2n) is 7.75. The summed E-state index contributed by atoms with van der Waals surface area (Å²) in [6.07, 6.45) is 0.562. The van der Waals surface area contributed by atoms with Gasteiger partial charge in [-0.25, -0.2) is 4.39 Å². The lowest BCUT2D eigenvalue weighted by atomic mass is 9.91. The van der Waals surface area contributed by atoms with Gasteiger partial charge in [0.25, 0.3) is 5.91 Å². The van der Waals surface area contributed by atoms with Gasteiger partial charge in [0.05, 0.1) is 38.0 Å². The van der Waals surface area contributed by atoms with E-state index < -0.39 is 17.8 Å². The van der Waals surface area contributed by atoms with Gasteiger partial charge in [-0.3, -0.25) is 4.79 Å². The molecule has 1 atom stereocenters. The smallest absolute Gasteiger partial charge is 0.259 e. The van der Waals surface area contributed by atoms with Crippen molar-refractivity contribution in [2.45, 2.75) is 12.5 Å². The molecular weight excluding hydrogens is 461 g/mol. The van der Waals surface area contributed by atoms with Crippen molar-refractivity contribution in [2.75, 3.05) is 34.5 Å². The van der Waals surface area contributed by atoms with E-state index in [4.69, 9.17) is 30.5 Å². The molecule has 0 bridgehead atoms. The van der Waals surface area contributed by atoms with Crippen LogP contribution in [0.15, 0.2) is 54.6 Å². The number of carbonyl (C=O) groups is 1. The van der Waals surface area contributed by atoms with Crippen molar-refractivity contribution >= 4 is 17.5 Å². The van der Waals surface area contributed by atoms with Gasteiger partial charge in [0, 0.05) is 6.54 Å². The van der Waals surface area contributed by atoms with E-state index >= 15 is 0 Å². The molecule has 0 fully saturated rings. The van der Waals surface area contributed by atoms with Crippen molar-refractivity contribution in [2.24, 2.45) is 0 Å². The van der Waals surface area contributed by atoms with Gasteiger partial charge in [0.2, 0.25) is 0 Å². The maximum atomic E-state index is 14.6. The second-order valence-corrected chi connectivity index (χ2v) is 8.16. The fourth-order valence-electron chi connectivity index (χ4n) is 4.14. The van der Waals surface area contributed by atoms with E-state index in [2.05, 4.69) is 0 Å². The van der Waals surface area contributed by atoms with E-state index in [1.54, 1.807) is 50.5 Å². The molecule has 0 spiro atoms. The number of hydrogen-bond acceptors (Lipinski definition) is 5. The monoisotopic (exact) mass is 485 g/mol. The Balaban J connectivity index is 1.72. The van der Waals surface area contributed by atoms with Crippen LogP contribution in [0.5, 0.6) is 23.0 Å². The Bertz CT molecular complexity index is 1160. The average molecular weight is 486 g/mol. The predicted octanol–water partition coefficient (Wildman–Crippen LogP) is 5.32. The summed E-state index contributed by atoms with van der Waals surface area (Å²) in [4.78, 5) is 15.1. The van der Waals surface area contributed by atoms with Gasteiger partial charge in [-0.15, -0.1) is 0 Å². The summed E-state index contributed by atoms with van der Waals surface area (Å²) in [5, 5.41) is 0.0675. The molecule has 1 aliphatic rings. The Morgan fingerprint density at radius 3 is 2.32 bits per heavy atom. The van der Waals surface area contributed by atoms with Crippen molar-refractivity contribution in [3.8, 4) is 23.0 Å². The zero-order chi connectivity index (χ0) is 24.2. The second kappa shape index (κ2) is 10.2. The molecule has 1 aliphatic heterocycles. The highest BCUT2D eigenvalue weighted by atomic mass is 35.5. The number of rotatable bonds is 7. The van der Waals surface area contributed by atoms with E-state index in [1.807, 2.05) is 12.1 Å². The lowest BCUT2D eigenvalue weighted by molar-refractivity contribution is 0.0584. The van der Waals surface area contributed by atoms with Crippen LogP contribution in [0.4, 0.5) is 4.39 Å². The molecule has 0 aromatic heterocycles. The first kappa shape index (κ1) is 23.7. The zero-order valence-electron chi connectivity index (χ0n) is 19.1. The highest BCUT2D eigenvalue weighted by Crippen LogP contribution is 2.39. The summed E-state index contributed by atoms with van der Waals surface area (Å²) in [5.41, 5.74) is 1.70. The third kappa shape index (κ3) is 4.61. The van der Waals surface area contributed by atoms with Gasteiger partial charge in [0.1, 0.15) is 23.9 Å². The van der Waals surface area contributed by atoms with Crippen LogP contribution in [0.25, 0.3) is 0 Å². The maximum Gasteiger partial charge on any atom is 0.259 e. The number of fused-ring (bicyclic) bond motifs is 1. The summed E-state index contributed by atoms with van der Waals surface area (Å²) >= 11 is 6.21. The number of nitrogens with zero attached hydrogens (tertiary/aromatic N) is 1. The molecule has 0 N–H and O–H groups in total. The number of amides is 1. The van der Waals surface area contributed by atoms with Crippen LogP contribution in [-0.2, 0) is 6.42 Å². The molecule has 178 valence electrons. The van der Waals surface area contributed by atoms with E-state index in [0.717, 1.165) is 11.1 Å². The lowest BCUT2D eigenvalue weighted by Gasteiger charge is -2.38. The Hall–Kier alpha value is -3.45. The molecule has 3 aromatic rings. The number of halogens is 2. The Labute approximate surface area is 202 Å². The SMILES string of the molecule is COc1ccc(OC[C@@H]2c3cc(OC)c(OC)cc3CCN2C(=O)c2c(F)cccc2Cl)cc1. The average Bonchev–Trinajstić information content (AvgIpc) is 2.86. The van der Waals surface area contributed by atoms with Crippen molar-refractivity contribution in [3.05, 3.63) is 82.1 Å². The van der Waals surface area contributed by atoms with Crippen LogP contribution < -0.4 is 18.9 Å². The fourth-order valence-corrected chi connectivity index (χ4v) is 4.39. The molecule has 1 amide bonds. The largest absolute Gasteiger partial charge is 0.497 e. The third-order valence-corrected chi connectivity index (χ3v) is 6.22. The van der Waals surface area contributed by atoms with Crippen molar-refractivity contribution in [3.63, 3.8) is 0 Å². The molecule has 1 heterocycles. The minimum Gasteiger partial charge on any atom is -0.497 e. The van der Waals surface area contributed by atoms with Crippen molar-refractivity contribution in [1.29, 1.82) is 0 Å². The Kier molecular flexibility index (Phi) is 7.12. The Morgan fingerprint density at radius 1 is 1.00 bits per heavy atom. The molecule has 3 aromatic carbocycles. The number of benzene rings is 3. The summed E-state index contributed by atoms with van der Waals surface area (Å²) in [5.74, 6) is 1.31. The molecule has 0 saturated carbocycles. The van der Waals surface area contributed by atoms with Crippen LogP contribution >= 0.6 is 11.6 Å². The highest BCUT2D eigenvalue weighted by molar-refractivity contribution is 6.33. The molecule has 0 radical (unpaired) electrons. The molecule has 0 aliphatic carbocycles. The normalized spacial score (nSPS) is 14.9. The third-order valence-electron chi connectivity index (χ3n) is 5.91. The van der Waals surface area contributed by atoms with Gasteiger partial charge in [-0.05, 0) is 66.1 Å². The van der Waals surface area contributed by atoms with E-state index in [1.165, 1.54) is 18.2 Å². The first-order valence-corrected chi connectivity index (χ1v) is 11.1. The Morgan fingerprint density at radius 2 is 1.68 bits per heavy atom. The number of hydrogen-bond donors (Lipinski definition) is 0. The zero-order valence-corrected chi connectivity index (χ0v) is 19.9. The van der Waals surface area contributed by atoms with Crippen LogP contribution in [0.1, 0.15) is 27.5 Å². The summed E-state index contributed by atoms with van der Waals surface area (Å²) < 4.78 is 36.8. The van der Waals surface area contributed by atoms with Crippen LogP contribution in [-0.4, -0.2) is 45.3 Å². The summed E-state index contributed by atoms with van der Waals surface area (Å²) in [6, 6.07) is 14.6. The van der Waals surface area contributed by atoms with Crippen LogP contribution in [0.2, 0.25) is 5.02 Å². The topological polar surface area (TPSA) is 57.2 Å². The molecule has 8 heteroatoms. The standard InChI is InChI=1S/C26H25ClFNO5/c1-31-17-7-9-18(10-8-17)34-15-22-19-14-24(33-3)23(32-2)13-16(19)11-12-29(22)26(30)25-20(27)5-4-6-21(25)28/h4-10,13-14,22H,11-12,15H2,1-3H3/t22-/m1/s1. The van der Waals surface area contributed by atoms with Crippen LogP contribution in [0.3, 0.4) is 0 Å². The van der Waals surface area contributed by atoms with Gasteiger partial charge in [-0.1, -0.05) is 17.7 Å². The number of methoxy groups -OCH3 is 3.